The molecule has 3 aliphatic carbocycles. The minimum absolute atomic E-state index is 0.00249. The number of unbranched alkanes of at least 4 members (excludes halogenated alkanes) is 2. The van der Waals surface area contributed by atoms with Gasteiger partial charge in [0, 0.05) is 7.11 Å². The molecule has 0 spiro atoms. The van der Waals surface area contributed by atoms with Gasteiger partial charge in [0.2, 0.25) is 0 Å². The van der Waals surface area contributed by atoms with Gasteiger partial charge in [-0.25, -0.2) is 13.2 Å². The molecule has 0 aromatic rings. The van der Waals surface area contributed by atoms with E-state index < -0.39 is 24.6 Å². The van der Waals surface area contributed by atoms with Crippen molar-refractivity contribution in [3.63, 3.8) is 0 Å². The van der Waals surface area contributed by atoms with Gasteiger partial charge in [0.1, 0.15) is 12.3 Å². The SMILES string of the molecule is CCCCCC1CCC(C2CCC(C3CCC(OC)C(F)C3F)CC2F)CC1. The molecular weight excluding hydrogens is 361 g/mol. The molecule has 4 heteroatoms. The van der Waals surface area contributed by atoms with Crippen LogP contribution in [-0.4, -0.2) is 31.7 Å². The zero-order valence-corrected chi connectivity index (χ0v) is 17.9. The number of rotatable bonds is 7. The third-order valence-electron chi connectivity index (χ3n) is 8.34. The Balaban J connectivity index is 1.45. The maximum absolute atomic E-state index is 15.1. The van der Waals surface area contributed by atoms with Crippen molar-refractivity contribution in [1.82, 2.24) is 0 Å². The number of halogens is 3. The van der Waals surface area contributed by atoms with E-state index in [1.807, 2.05) is 0 Å². The first-order valence-electron chi connectivity index (χ1n) is 12.0. The van der Waals surface area contributed by atoms with Crippen molar-refractivity contribution in [1.29, 1.82) is 0 Å². The van der Waals surface area contributed by atoms with Gasteiger partial charge < -0.3 is 4.74 Å². The van der Waals surface area contributed by atoms with E-state index in [9.17, 15) is 8.78 Å². The van der Waals surface area contributed by atoms with Crippen LogP contribution >= 0.6 is 0 Å². The smallest absolute Gasteiger partial charge is 0.157 e. The molecular formula is C24H41F3O. The van der Waals surface area contributed by atoms with E-state index in [1.165, 1.54) is 58.5 Å². The van der Waals surface area contributed by atoms with Gasteiger partial charge in [-0.05, 0) is 74.5 Å². The van der Waals surface area contributed by atoms with Crippen LogP contribution in [0.4, 0.5) is 13.2 Å². The van der Waals surface area contributed by atoms with E-state index in [0.717, 1.165) is 18.8 Å². The van der Waals surface area contributed by atoms with Gasteiger partial charge in [-0.15, -0.1) is 0 Å². The van der Waals surface area contributed by atoms with Crippen LogP contribution < -0.4 is 0 Å². The summed E-state index contributed by atoms with van der Waals surface area (Å²) in [6.07, 6.45) is 9.02. The monoisotopic (exact) mass is 402 g/mol. The summed E-state index contributed by atoms with van der Waals surface area (Å²) in [4.78, 5) is 0. The predicted octanol–water partition coefficient (Wildman–Crippen LogP) is 7.23. The normalized spacial score (nSPS) is 45.1. The van der Waals surface area contributed by atoms with Crippen LogP contribution in [0.5, 0.6) is 0 Å². The number of hydrogen-bond acceptors (Lipinski definition) is 1. The molecule has 0 radical (unpaired) electrons. The second-order valence-corrected chi connectivity index (χ2v) is 9.93. The lowest BCUT2D eigenvalue weighted by Crippen LogP contribution is -2.46. The number of alkyl halides is 3. The number of hydrogen-bond donors (Lipinski definition) is 0. The van der Waals surface area contributed by atoms with Crippen molar-refractivity contribution in [2.24, 2.45) is 29.6 Å². The van der Waals surface area contributed by atoms with E-state index >= 15 is 4.39 Å². The minimum Gasteiger partial charge on any atom is -0.378 e. The Hall–Kier alpha value is -0.250. The maximum atomic E-state index is 15.1. The molecule has 0 saturated heterocycles. The highest BCUT2D eigenvalue weighted by atomic mass is 19.2. The predicted molar refractivity (Wildman–Crippen MR) is 109 cm³/mol. The Bertz CT molecular complexity index is 451. The summed E-state index contributed by atoms with van der Waals surface area (Å²) in [5.41, 5.74) is 0. The highest BCUT2D eigenvalue weighted by Gasteiger charge is 2.46. The molecule has 0 aromatic carbocycles. The van der Waals surface area contributed by atoms with E-state index in [2.05, 4.69) is 6.92 Å². The Kier molecular flexibility index (Phi) is 8.56. The van der Waals surface area contributed by atoms with Gasteiger partial charge in [-0.1, -0.05) is 45.4 Å². The summed E-state index contributed by atoms with van der Waals surface area (Å²) < 4.78 is 49.1. The molecule has 164 valence electrons. The summed E-state index contributed by atoms with van der Waals surface area (Å²) >= 11 is 0. The first kappa shape index (κ1) is 22.4. The molecule has 0 heterocycles. The quantitative estimate of drug-likeness (QED) is 0.408. The van der Waals surface area contributed by atoms with Gasteiger partial charge >= 0.3 is 0 Å². The van der Waals surface area contributed by atoms with E-state index in [0.29, 0.717) is 25.2 Å². The van der Waals surface area contributed by atoms with Crippen molar-refractivity contribution in [3.8, 4) is 0 Å². The van der Waals surface area contributed by atoms with Crippen molar-refractivity contribution in [3.05, 3.63) is 0 Å². The summed E-state index contributed by atoms with van der Waals surface area (Å²) in [5, 5.41) is 0. The van der Waals surface area contributed by atoms with Gasteiger partial charge in [0.05, 0.1) is 6.10 Å². The minimum atomic E-state index is -1.55. The molecule has 0 aliphatic heterocycles. The fourth-order valence-corrected chi connectivity index (χ4v) is 6.54. The Morgan fingerprint density at radius 1 is 0.750 bits per heavy atom. The van der Waals surface area contributed by atoms with E-state index in [1.54, 1.807) is 0 Å². The third-order valence-corrected chi connectivity index (χ3v) is 8.34. The molecule has 3 fully saturated rings. The fourth-order valence-electron chi connectivity index (χ4n) is 6.54. The maximum Gasteiger partial charge on any atom is 0.157 e. The first-order valence-corrected chi connectivity index (χ1v) is 12.0. The summed E-state index contributed by atoms with van der Waals surface area (Å²) in [6, 6.07) is 0. The van der Waals surface area contributed by atoms with Gasteiger partial charge in [-0.2, -0.15) is 0 Å². The Morgan fingerprint density at radius 2 is 1.43 bits per heavy atom. The van der Waals surface area contributed by atoms with Crippen LogP contribution in [0.1, 0.15) is 90.4 Å². The molecule has 1 nitrogen and oxygen atoms in total. The second-order valence-electron chi connectivity index (χ2n) is 9.93. The van der Waals surface area contributed by atoms with Crippen LogP contribution in [0, 0.1) is 29.6 Å². The Labute approximate surface area is 170 Å². The zero-order chi connectivity index (χ0) is 20.1. The van der Waals surface area contributed by atoms with Crippen molar-refractivity contribution < 1.29 is 17.9 Å². The molecule has 28 heavy (non-hydrogen) atoms. The Morgan fingerprint density at radius 3 is 2.07 bits per heavy atom. The highest BCUT2D eigenvalue weighted by Crippen LogP contribution is 2.48. The lowest BCUT2D eigenvalue weighted by atomic mass is 9.64. The molecule has 0 N–H and O–H groups in total. The average Bonchev–Trinajstić information content (AvgIpc) is 2.71. The third kappa shape index (κ3) is 5.26. The molecule has 3 saturated carbocycles. The van der Waals surface area contributed by atoms with E-state index in [-0.39, 0.29) is 17.8 Å². The van der Waals surface area contributed by atoms with Crippen LogP contribution in [0.3, 0.4) is 0 Å². The van der Waals surface area contributed by atoms with Crippen molar-refractivity contribution in [2.75, 3.05) is 7.11 Å². The zero-order valence-electron chi connectivity index (χ0n) is 17.9. The first-order chi connectivity index (χ1) is 13.5. The average molecular weight is 403 g/mol. The highest BCUT2D eigenvalue weighted by molar-refractivity contribution is 4.95. The summed E-state index contributed by atoms with van der Waals surface area (Å²) in [6.45, 7) is 2.25. The van der Waals surface area contributed by atoms with Crippen LogP contribution in [-0.2, 0) is 4.74 Å². The number of methoxy groups -OCH3 is 1. The number of ether oxygens (including phenoxy) is 1. The topological polar surface area (TPSA) is 9.23 Å². The summed E-state index contributed by atoms with van der Waals surface area (Å²) in [7, 11) is 1.45. The molecule has 3 rings (SSSR count). The van der Waals surface area contributed by atoms with E-state index in [4.69, 9.17) is 4.74 Å². The van der Waals surface area contributed by atoms with Crippen LogP contribution in [0.25, 0.3) is 0 Å². The lowest BCUT2D eigenvalue weighted by molar-refractivity contribution is -0.0784. The second kappa shape index (κ2) is 10.7. The van der Waals surface area contributed by atoms with Crippen LogP contribution in [0.2, 0.25) is 0 Å². The molecule has 0 amide bonds. The van der Waals surface area contributed by atoms with Crippen LogP contribution in [0.15, 0.2) is 0 Å². The van der Waals surface area contributed by atoms with Crippen molar-refractivity contribution in [2.45, 2.75) is 115 Å². The molecule has 3 aliphatic rings. The van der Waals surface area contributed by atoms with Crippen molar-refractivity contribution >= 4 is 0 Å². The molecule has 7 unspecified atom stereocenters. The lowest BCUT2D eigenvalue weighted by Gasteiger charge is -2.44. The molecule has 0 aromatic heterocycles. The standard InChI is InChI=1S/C24H41F3O/c1-3-4-5-6-16-7-9-17(10-8-16)19-12-11-18(15-21(19)25)20-13-14-22(28-2)24(27)23(20)26/h16-24H,3-15H2,1-2H3. The van der Waals surface area contributed by atoms with Gasteiger partial charge in [0.15, 0.2) is 6.17 Å². The largest absolute Gasteiger partial charge is 0.378 e. The molecule has 7 atom stereocenters. The fraction of sp³-hybridized carbons (Fsp3) is 1.00. The van der Waals surface area contributed by atoms with Gasteiger partial charge in [0.25, 0.3) is 0 Å². The molecule has 0 bridgehead atoms. The summed E-state index contributed by atoms with van der Waals surface area (Å²) in [5.74, 6) is 1.19. The van der Waals surface area contributed by atoms with Gasteiger partial charge in [-0.3, -0.25) is 0 Å².